The molecule has 0 bridgehead atoms. The van der Waals surface area contributed by atoms with Gasteiger partial charge in [-0.05, 0) is 73.4 Å². The number of benzene rings is 2. The third kappa shape index (κ3) is 6.10. The molecule has 0 aliphatic carbocycles. The van der Waals surface area contributed by atoms with Crippen molar-refractivity contribution in [1.29, 1.82) is 0 Å². The normalized spacial score (nSPS) is 14.6. The lowest BCUT2D eigenvalue weighted by atomic mass is 9.70. The molecular formula is C27H41NO4S. The molecule has 0 spiro atoms. The molecule has 2 aromatic carbocycles. The number of ether oxygens (including phenoxy) is 1. The highest BCUT2D eigenvalue weighted by Crippen LogP contribution is 2.41. The van der Waals surface area contributed by atoms with Gasteiger partial charge in [0.1, 0.15) is 18.0 Å². The molecule has 0 aliphatic heterocycles. The highest BCUT2D eigenvalue weighted by Gasteiger charge is 2.36. The quantitative estimate of drug-likeness (QED) is 0.469. The van der Waals surface area contributed by atoms with Gasteiger partial charge in [0.05, 0.1) is 11.9 Å². The number of aryl methyl sites for hydroxylation is 2. The van der Waals surface area contributed by atoms with Crippen molar-refractivity contribution in [1.82, 2.24) is 0 Å². The van der Waals surface area contributed by atoms with E-state index in [9.17, 15) is 13.5 Å². The summed E-state index contributed by atoms with van der Waals surface area (Å²) in [6, 6.07) is 12.2. The van der Waals surface area contributed by atoms with Crippen molar-refractivity contribution in [2.45, 2.75) is 79.2 Å². The molecule has 1 unspecified atom stereocenters. The monoisotopic (exact) mass is 475 g/mol. The topological polar surface area (TPSA) is 75.6 Å². The fourth-order valence-corrected chi connectivity index (χ4v) is 4.68. The van der Waals surface area contributed by atoms with Gasteiger partial charge in [-0.1, -0.05) is 58.9 Å². The summed E-state index contributed by atoms with van der Waals surface area (Å²) in [5.41, 5.74) is 3.43. The minimum atomic E-state index is -3.33. The van der Waals surface area contributed by atoms with Gasteiger partial charge in [0.15, 0.2) is 0 Å². The van der Waals surface area contributed by atoms with Crippen LogP contribution in [0.2, 0.25) is 0 Å². The molecule has 33 heavy (non-hydrogen) atoms. The lowest BCUT2D eigenvalue weighted by Gasteiger charge is -2.37. The second-order valence-electron chi connectivity index (χ2n) is 10.5. The van der Waals surface area contributed by atoms with Crippen LogP contribution in [0.3, 0.4) is 0 Å². The van der Waals surface area contributed by atoms with Gasteiger partial charge in [-0.3, -0.25) is 4.72 Å². The maximum Gasteiger partial charge on any atom is 0.229 e. The lowest BCUT2D eigenvalue weighted by molar-refractivity contribution is -0.0725. The minimum Gasteiger partial charge on any atom is -0.490 e. The van der Waals surface area contributed by atoms with Crippen LogP contribution in [0.25, 0.3) is 0 Å². The van der Waals surface area contributed by atoms with E-state index >= 15 is 0 Å². The fraction of sp³-hybridized carbons (Fsp3) is 0.556. The van der Waals surface area contributed by atoms with Gasteiger partial charge in [0, 0.05) is 5.41 Å². The number of rotatable bonds is 9. The van der Waals surface area contributed by atoms with Gasteiger partial charge >= 0.3 is 0 Å². The SMILES string of the molecule is CCC(CC)(c1ccc(NS(C)(=O)=O)c(C)c1)c1ccc(OCC(C)(O)C(C)(C)C)c(C)c1. The zero-order chi connectivity index (χ0) is 25.2. The van der Waals surface area contributed by atoms with Crippen LogP contribution < -0.4 is 9.46 Å². The smallest absolute Gasteiger partial charge is 0.229 e. The Kier molecular flexibility index (Phi) is 7.97. The number of anilines is 1. The van der Waals surface area contributed by atoms with Crippen molar-refractivity contribution >= 4 is 15.7 Å². The number of sulfonamides is 1. The van der Waals surface area contributed by atoms with Crippen LogP contribution in [0.5, 0.6) is 5.75 Å². The van der Waals surface area contributed by atoms with Crippen molar-refractivity contribution < 1.29 is 18.3 Å². The minimum absolute atomic E-state index is 0.200. The van der Waals surface area contributed by atoms with Crippen LogP contribution in [0.4, 0.5) is 5.69 Å². The van der Waals surface area contributed by atoms with E-state index in [0.717, 1.165) is 41.5 Å². The number of aliphatic hydroxyl groups is 1. The fourth-order valence-electron chi connectivity index (χ4n) is 4.05. The Morgan fingerprint density at radius 3 is 1.85 bits per heavy atom. The highest BCUT2D eigenvalue weighted by molar-refractivity contribution is 7.92. The zero-order valence-electron chi connectivity index (χ0n) is 21.7. The Morgan fingerprint density at radius 1 is 0.909 bits per heavy atom. The largest absolute Gasteiger partial charge is 0.490 e. The predicted octanol–water partition coefficient (Wildman–Crippen LogP) is 5.96. The van der Waals surface area contributed by atoms with Crippen molar-refractivity contribution in [2.75, 3.05) is 17.6 Å². The second kappa shape index (κ2) is 9.67. The molecular weight excluding hydrogens is 434 g/mol. The van der Waals surface area contributed by atoms with E-state index in [4.69, 9.17) is 4.74 Å². The van der Waals surface area contributed by atoms with E-state index < -0.39 is 15.6 Å². The lowest BCUT2D eigenvalue weighted by Crippen LogP contribution is -2.45. The van der Waals surface area contributed by atoms with Gasteiger partial charge < -0.3 is 9.84 Å². The Bertz CT molecular complexity index is 1080. The van der Waals surface area contributed by atoms with Crippen molar-refractivity contribution in [3.63, 3.8) is 0 Å². The summed E-state index contributed by atoms with van der Waals surface area (Å²) in [5, 5.41) is 10.8. The molecule has 2 N–H and O–H groups in total. The van der Waals surface area contributed by atoms with E-state index in [1.165, 1.54) is 5.56 Å². The first-order chi connectivity index (χ1) is 15.1. The van der Waals surface area contributed by atoms with Crippen LogP contribution in [0.15, 0.2) is 36.4 Å². The summed E-state index contributed by atoms with van der Waals surface area (Å²) < 4.78 is 32.0. The van der Waals surface area contributed by atoms with Crippen LogP contribution in [-0.4, -0.2) is 32.0 Å². The molecule has 0 saturated heterocycles. The molecule has 0 aliphatic rings. The molecule has 0 aromatic heterocycles. The third-order valence-corrected chi connectivity index (χ3v) is 7.72. The van der Waals surface area contributed by atoms with Crippen molar-refractivity contribution in [3.8, 4) is 5.75 Å². The number of nitrogens with one attached hydrogen (secondary N) is 1. The van der Waals surface area contributed by atoms with Crippen LogP contribution in [0, 0.1) is 19.3 Å². The average Bonchev–Trinajstić information content (AvgIpc) is 2.69. The van der Waals surface area contributed by atoms with Gasteiger partial charge in [0.2, 0.25) is 10.0 Å². The Balaban J connectivity index is 2.41. The Hall–Kier alpha value is -2.05. The number of hydrogen-bond donors (Lipinski definition) is 2. The molecule has 2 aromatic rings. The standard InChI is InChI=1S/C27H41NO4S/c1-10-27(11-2,21-12-14-23(19(3)16-21)28-33(9,30)31)22-13-15-24(20(4)17-22)32-18-26(8,29)25(5,6)7/h12-17,28-29H,10-11,18H2,1-9H3. The summed E-state index contributed by atoms with van der Waals surface area (Å²) in [6.45, 7) is 16.4. The second-order valence-corrected chi connectivity index (χ2v) is 12.2. The summed E-state index contributed by atoms with van der Waals surface area (Å²) >= 11 is 0. The van der Waals surface area contributed by atoms with Crippen molar-refractivity contribution in [3.05, 3.63) is 58.7 Å². The summed E-state index contributed by atoms with van der Waals surface area (Å²) in [7, 11) is -3.33. The predicted molar refractivity (Wildman–Crippen MR) is 138 cm³/mol. The van der Waals surface area contributed by atoms with Crippen LogP contribution in [-0.2, 0) is 15.4 Å². The van der Waals surface area contributed by atoms with E-state index in [-0.39, 0.29) is 17.4 Å². The van der Waals surface area contributed by atoms with Gasteiger partial charge in [-0.2, -0.15) is 0 Å². The third-order valence-electron chi connectivity index (χ3n) is 7.13. The van der Waals surface area contributed by atoms with Crippen LogP contribution >= 0.6 is 0 Å². The molecule has 0 fully saturated rings. The van der Waals surface area contributed by atoms with Crippen LogP contribution in [0.1, 0.15) is 76.6 Å². The first-order valence-electron chi connectivity index (χ1n) is 11.6. The maximum atomic E-state index is 11.7. The molecule has 0 heterocycles. The van der Waals surface area contributed by atoms with E-state index in [2.05, 4.69) is 36.8 Å². The summed E-state index contributed by atoms with van der Waals surface area (Å²) in [5.74, 6) is 0.772. The molecule has 0 saturated carbocycles. The molecule has 1 atom stereocenters. The van der Waals surface area contributed by atoms with Gasteiger partial charge in [-0.25, -0.2) is 8.42 Å². The first-order valence-corrected chi connectivity index (χ1v) is 13.5. The molecule has 6 heteroatoms. The van der Waals surface area contributed by atoms with Crippen molar-refractivity contribution in [2.24, 2.45) is 5.41 Å². The molecule has 5 nitrogen and oxygen atoms in total. The van der Waals surface area contributed by atoms with Gasteiger partial charge in [-0.15, -0.1) is 0 Å². The molecule has 0 radical (unpaired) electrons. The highest BCUT2D eigenvalue weighted by atomic mass is 32.2. The Labute approximate surface area is 200 Å². The van der Waals surface area contributed by atoms with Gasteiger partial charge in [0.25, 0.3) is 0 Å². The Morgan fingerprint density at radius 2 is 1.42 bits per heavy atom. The molecule has 184 valence electrons. The maximum absolute atomic E-state index is 11.7. The number of hydrogen-bond acceptors (Lipinski definition) is 4. The first kappa shape index (κ1) is 27.2. The van der Waals surface area contributed by atoms with E-state index in [1.807, 2.05) is 52.8 Å². The molecule has 2 rings (SSSR count). The molecule has 0 amide bonds. The average molecular weight is 476 g/mol. The van der Waals surface area contributed by atoms with E-state index in [1.54, 1.807) is 6.92 Å². The van der Waals surface area contributed by atoms with E-state index in [0.29, 0.717) is 5.69 Å². The zero-order valence-corrected chi connectivity index (χ0v) is 22.5. The summed E-state index contributed by atoms with van der Waals surface area (Å²) in [6.07, 6.45) is 2.97. The summed E-state index contributed by atoms with van der Waals surface area (Å²) in [4.78, 5) is 0.